The lowest BCUT2D eigenvalue weighted by atomic mass is 9.98. The molecule has 2 rings (SSSR count). The Balaban J connectivity index is 2.20. The van der Waals surface area contributed by atoms with Gasteiger partial charge in [0.25, 0.3) is 0 Å². The van der Waals surface area contributed by atoms with Crippen LogP contribution in [0.3, 0.4) is 0 Å². The molecule has 1 heterocycles. The molecule has 0 saturated carbocycles. The molecule has 4 nitrogen and oxygen atoms in total. The number of nitrogens with one attached hydrogen (secondary N) is 1. The van der Waals surface area contributed by atoms with Crippen molar-refractivity contribution in [2.24, 2.45) is 0 Å². The van der Waals surface area contributed by atoms with E-state index in [4.69, 9.17) is 5.73 Å². The molecule has 1 aliphatic rings. The van der Waals surface area contributed by atoms with E-state index in [2.05, 4.69) is 26.1 Å². The molecule has 0 spiro atoms. The molecular formula is C13H18BrN3O. The molecule has 0 bridgehead atoms. The van der Waals surface area contributed by atoms with E-state index in [1.54, 1.807) is 0 Å². The summed E-state index contributed by atoms with van der Waals surface area (Å²) in [6, 6.07) is 5.86. The van der Waals surface area contributed by atoms with Gasteiger partial charge in [0.1, 0.15) is 0 Å². The van der Waals surface area contributed by atoms with E-state index in [-0.39, 0.29) is 5.91 Å². The van der Waals surface area contributed by atoms with Crippen LogP contribution in [0.4, 0.5) is 5.69 Å². The number of rotatable bonds is 2. The first kappa shape index (κ1) is 13.4. The van der Waals surface area contributed by atoms with Gasteiger partial charge in [0, 0.05) is 29.8 Å². The molecule has 18 heavy (non-hydrogen) atoms. The zero-order chi connectivity index (χ0) is 13.3. The van der Waals surface area contributed by atoms with Gasteiger partial charge in [0.2, 0.25) is 5.91 Å². The number of piperazine rings is 1. The number of anilines is 1. The molecule has 1 fully saturated rings. The Hall–Kier alpha value is -1.07. The Morgan fingerprint density at radius 3 is 2.83 bits per heavy atom. The highest BCUT2D eigenvalue weighted by Gasteiger charge is 2.37. The van der Waals surface area contributed by atoms with Crippen molar-refractivity contribution < 1.29 is 4.79 Å². The number of nitrogens with two attached hydrogens (primary N) is 1. The maximum atomic E-state index is 11.9. The van der Waals surface area contributed by atoms with Crippen LogP contribution in [0.1, 0.15) is 19.4 Å². The molecule has 1 aromatic rings. The summed E-state index contributed by atoms with van der Waals surface area (Å²) in [4.78, 5) is 14.0. The van der Waals surface area contributed by atoms with Crippen LogP contribution in [0.2, 0.25) is 0 Å². The first-order chi connectivity index (χ1) is 8.39. The van der Waals surface area contributed by atoms with Crippen LogP contribution in [-0.4, -0.2) is 29.4 Å². The minimum atomic E-state index is -0.477. The summed E-state index contributed by atoms with van der Waals surface area (Å²) < 4.78 is 0.969. The van der Waals surface area contributed by atoms with Crippen molar-refractivity contribution in [2.45, 2.75) is 25.9 Å². The predicted octanol–water partition coefficient (Wildman–Crippen LogP) is 1.74. The van der Waals surface area contributed by atoms with Gasteiger partial charge in [-0.25, -0.2) is 0 Å². The van der Waals surface area contributed by atoms with Gasteiger partial charge in [0.15, 0.2) is 0 Å². The maximum Gasteiger partial charge on any atom is 0.240 e. The fraction of sp³-hybridized carbons (Fsp3) is 0.462. The summed E-state index contributed by atoms with van der Waals surface area (Å²) in [5.74, 6) is 0.0803. The fourth-order valence-corrected chi connectivity index (χ4v) is 2.77. The number of amides is 1. The molecule has 98 valence electrons. The number of hydrogen-bond donors (Lipinski definition) is 2. The molecular weight excluding hydrogens is 294 g/mol. The standard InChI is InChI=1S/C13H18BrN3O/c1-13(2)12(18)16-3-4-17(13)8-9-5-10(14)7-11(15)6-9/h5-7H,3-4,8,15H2,1-2H3,(H,16,18). The minimum Gasteiger partial charge on any atom is -0.399 e. The quantitative estimate of drug-likeness (QED) is 0.818. The second-order valence-corrected chi connectivity index (χ2v) is 6.04. The lowest BCUT2D eigenvalue weighted by Gasteiger charge is -2.41. The Morgan fingerprint density at radius 2 is 2.17 bits per heavy atom. The lowest BCUT2D eigenvalue weighted by molar-refractivity contribution is -0.135. The van der Waals surface area contributed by atoms with Crippen LogP contribution in [0.5, 0.6) is 0 Å². The number of hydrogen-bond acceptors (Lipinski definition) is 3. The van der Waals surface area contributed by atoms with Gasteiger partial charge < -0.3 is 11.1 Å². The van der Waals surface area contributed by atoms with E-state index < -0.39 is 5.54 Å². The normalized spacial score (nSPS) is 19.6. The molecule has 0 unspecified atom stereocenters. The Kier molecular flexibility index (Phi) is 3.64. The molecule has 1 aliphatic heterocycles. The molecule has 0 atom stereocenters. The topological polar surface area (TPSA) is 58.4 Å². The van der Waals surface area contributed by atoms with Crippen LogP contribution in [-0.2, 0) is 11.3 Å². The van der Waals surface area contributed by atoms with Gasteiger partial charge in [-0.3, -0.25) is 9.69 Å². The first-order valence-electron chi connectivity index (χ1n) is 5.98. The summed E-state index contributed by atoms with van der Waals surface area (Å²) in [6.45, 7) is 6.17. The Morgan fingerprint density at radius 1 is 1.44 bits per heavy atom. The number of carbonyl (C=O) groups excluding carboxylic acids is 1. The van der Waals surface area contributed by atoms with Crippen LogP contribution in [0.15, 0.2) is 22.7 Å². The molecule has 0 radical (unpaired) electrons. The third kappa shape index (κ3) is 2.67. The molecule has 0 aliphatic carbocycles. The summed E-state index contributed by atoms with van der Waals surface area (Å²) >= 11 is 3.44. The molecule has 1 saturated heterocycles. The van der Waals surface area contributed by atoms with Gasteiger partial charge in [-0.1, -0.05) is 15.9 Å². The van der Waals surface area contributed by atoms with Crippen molar-refractivity contribution in [3.63, 3.8) is 0 Å². The van der Waals surface area contributed by atoms with Gasteiger partial charge in [-0.2, -0.15) is 0 Å². The fourth-order valence-electron chi connectivity index (χ4n) is 2.21. The van der Waals surface area contributed by atoms with Crippen molar-refractivity contribution in [2.75, 3.05) is 18.8 Å². The number of nitrogens with zero attached hydrogens (tertiary/aromatic N) is 1. The number of nitrogen functional groups attached to an aromatic ring is 1. The van der Waals surface area contributed by atoms with E-state index in [0.717, 1.165) is 28.8 Å². The third-order valence-corrected chi connectivity index (χ3v) is 3.82. The zero-order valence-electron chi connectivity index (χ0n) is 10.7. The van der Waals surface area contributed by atoms with E-state index in [0.29, 0.717) is 6.54 Å². The molecule has 0 aromatic heterocycles. The monoisotopic (exact) mass is 311 g/mol. The molecule has 1 amide bonds. The van der Waals surface area contributed by atoms with Gasteiger partial charge in [-0.05, 0) is 37.6 Å². The van der Waals surface area contributed by atoms with Crippen molar-refractivity contribution in [1.82, 2.24) is 10.2 Å². The van der Waals surface area contributed by atoms with E-state index in [1.807, 2.05) is 32.0 Å². The average molecular weight is 312 g/mol. The highest BCUT2D eigenvalue weighted by atomic mass is 79.9. The van der Waals surface area contributed by atoms with E-state index >= 15 is 0 Å². The highest BCUT2D eigenvalue weighted by molar-refractivity contribution is 9.10. The number of carbonyl (C=O) groups is 1. The molecule has 5 heteroatoms. The van der Waals surface area contributed by atoms with Gasteiger partial charge in [-0.15, -0.1) is 0 Å². The Labute approximate surface area is 116 Å². The summed E-state index contributed by atoms with van der Waals surface area (Å²) in [5, 5.41) is 2.90. The minimum absolute atomic E-state index is 0.0803. The highest BCUT2D eigenvalue weighted by Crippen LogP contribution is 2.23. The SMILES string of the molecule is CC1(C)C(=O)NCCN1Cc1cc(N)cc(Br)c1. The number of halogens is 1. The van der Waals surface area contributed by atoms with Gasteiger partial charge >= 0.3 is 0 Å². The van der Waals surface area contributed by atoms with Crippen molar-refractivity contribution >= 4 is 27.5 Å². The summed E-state index contributed by atoms with van der Waals surface area (Å²) in [6.07, 6.45) is 0. The third-order valence-electron chi connectivity index (χ3n) is 3.37. The average Bonchev–Trinajstić information content (AvgIpc) is 2.24. The van der Waals surface area contributed by atoms with Crippen LogP contribution < -0.4 is 11.1 Å². The second-order valence-electron chi connectivity index (χ2n) is 5.13. The van der Waals surface area contributed by atoms with Gasteiger partial charge in [0.05, 0.1) is 5.54 Å². The summed E-state index contributed by atoms with van der Waals surface area (Å²) in [7, 11) is 0. The van der Waals surface area contributed by atoms with Crippen molar-refractivity contribution in [3.05, 3.63) is 28.2 Å². The Bertz CT molecular complexity index is 453. The summed E-state index contributed by atoms with van der Waals surface area (Å²) in [5.41, 5.74) is 7.21. The predicted molar refractivity (Wildman–Crippen MR) is 76.1 cm³/mol. The zero-order valence-corrected chi connectivity index (χ0v) is 12.3. The van der Waals surface area contributed by atoms with Crippen LogP contribution in [0.25, 0.3) is 0 Å². The first-order valence-corrected chi connectivity index (χ1v) is 6.77. The second kappa shape index (κ2) is 4.90. The molecule has 1 aromatic carbocycles. The van der Waals surface area contributed by atoms with Crippen molar-refractivity contribution in [1.29, 1.82) is 0 Å². The van der Waals surface area contributed by atoms with Crippen LogP contribution >= 0.6 is 15.9 Å². The smallest absolute Gasteiger partial charge is 0.240 e. The lowest BCUT2D eigenvalue weighted by Crippen LogP contribution is -2.61. The van der Waals surface area contributed by atoms with Crippen molar-refractivity contribution in [3.8, 4) is 0 Å². The van der Waals surface area contributed by atoms with Crippen LogP contribution in [0, 0.1) is 0 Å². The number of benzene rings is 1. The largest absolute Gasteiger partial charge is 0.399 e. The maximum absolute atomic E-state index is 11.9. The van der Waals surface area contributed by atoms with E-state index in [1.165, 1.54) is 0 Å². The molecule has 3 N–H and O–H groups in total. The van der Waals surface area contributed by atoms with E-state index in [9.17, 15) is 4.79 Å².